The predicted molar refractivity (Wildman–Crippen MR) is 84.0 cm³/mol. The van der Waals surface area contributed by atoms with Gasteiger partial charge in [-0.3, -0.25) is 4.98 Å². The van der Waals surface area contributed by atoms with Crippen molar-refractivity contribution in [3.8, 4) is 0 Å². The van der Waals surface area contributed by atoms with Gasteiger partial charge in [0.1, 0.15) is 5.03 Å². The van der Waals surface area contributed by atoms with Crippen molar-refractivity contribution >= 4 is 28.4 Å². The average Bonchev–Trinajstić information content (AvgIpc) is 2.41. The highest BCUT2D eigenvalue weighted by Crippen LogP contribution is 2.34. The number of pyridine rings is 2. The van der Waals surface area contributed by atoms with Crippen LogP contribution >= 0.6 is 11.8 Å². The van der Waals surface area contributed by atoms with Gasteiger partial charge in [-0.05, 0) is 55.8 Å². The molecule has 2 aromatic heterocycles. The lowest BCUT2D eigenvalue weighted by molar-refractivity contribution is 1.05. The van der Waals surface area contributed by atoms with Gasteiger partial charge in [0, 0.05) is 27.9 Å². The Labute approximate surface area is 122 Å². The molecule has 0 amide bonds. The van der Waals surface area contributed by atoms with E-state index in [2.05, 4.69) is 29.0 Å². The van der Waals surface area contributed by atoms with E-state index in [0.717, 1.165) is 32.2 Å². The van der Waals surface area contributed by atoms with Gasteiger partial charge in [-0.1, -0.05) is 11.8 Å². The highest BCUT2D eigenvalue weighted by Gasteiger charge is 2.08. The van der Waals surface area contributed by atoms with Gasteiger partial charge < -0.3 is 5.73 Å². The van der Waals surface area contributed by atoms with Crippen molar-refractivity contribution in [3.05, 3.63) is 53.9 Å². The van der Waals surface area contributed by atoms with E-state index in [9.17, 15) is 0 Å². The lowest BCUT2D eigenvalue weighted by Gasteiger charge is -2.08. The minimum Gasteiger partial charge on any atom is -0.398 e. The number of hydrogen-bond donors (Lipinski definition) is 1. The summed E-state index contributed by atoms with van der Waals surface area (Å²) in [5, 5.41) is 1.97. The van der Waals surface area contributed by atoms with Crippen LogP contribution in [0.5, 0.6) is 0 Å². The number of fused-ring (bicyclic) bond motifs is 1. The van der Waals surface area contributed by atoms with Gasteiger partial charge in [-0.25, -0.2) is 4.98 Å². The van der Waals surface area contributed by atoms with Crippen LogP contribution in [0.3, 0.4) is 0 Å². The fourth-order valence-corrected chi connectivity index (χ4v) is 3.28. The molecule has 0 saturated heterocycles. The molecule has 3 rings (SSSR count). The zero-order chi connectivity index (χ0) is 14.1. The lowest BCUT2D eigenvalue weighted by Crippen LogP contribution is -1.91. The molecule has 0 aliphatic heterocycles. The summed E-state index contributed by atoms with van der Waals surface area (Å²) >= 11 is 1.62. The van der Waals surface area contributed by atoms with Gasteiger partial charge in [-0.2, -0.15) is 0 Å². The molecule has 0 spiro atoms. The number of hydrogen-bond acceptors (Lipinski definition) is 4. The number of benzene rings is 1. The molecule has 100 valence electrons. The molecule has 0 aliphatic carbocycles. The molecule has 0 unspecified atom stereocenters. The summed E-state index contributed by atoms with van der Waals surface area (Å²) in [5.74, 6) is 0. The Morgan fingerprint density at radius 2 is 1.95 bits per heavy atom. The van der Waals surface area contributed by atoms with Crippen LogP contribution in [-0.2, 0) is 0 Å². The first kappa shape index (κ1) is 12.9. The Morgan fingerprint density at radius 1 is 1.10 bits per heavy atom. The number of nitrogens with two attached hydrogens (primary N) is 1. The molecule has 0 radical (unpaired) electrons. The molecule has 0 aliphatic rings. The smallest absolute Gasteiger partial charge is 0.101 e. The summed E-state index contributed by atoms with van der Waals surface area (Å²) in [6.07, 6.45) is 1.79. The SMILES string of the molecule is Cc1cc(C)nc(Sc2ccc(N)c3cccnc23)c1. The molecular formula is C16H15N3S. The fraction of sp³-hybridized carbons (Fsp3) is 0.125. The standard InChI is InChI=1S/C16H15N3S/c1-10-8-11(2)19-15(9-10)20-14-6-5-13(17)12-4-3-7-18-16(12)14/h3-9H,17H2,1-2H3. The van der Waals surface area contributed by atoms with E-state index in [1.54, 1.807) is 18.0 Å². The molecule has 3 aromatic rings. The third-order valence-corrected chi connectivity index (χ3v) is 4.02. The van der Waals surface area contributed by atoms with Crippen molar-refractivity contribution in [2.45, 2.75) is 23.8 Å². The van der Waals surface area contributed by atoms with Crippen molar-refractivity contribution in [1.29, 1.82) is 0 Å². The van der Waals surface area contributed by atoms with E-state index in [0.29, 0.717) is 0 Å². The zero-order valence-electron chi connectivity index (χ0n) is 11.4. The Morgan fingerprint density at radius 3 is 2.75 bits per heavy atom. The topological polar surface area (TPSA) is 51.8 Å². The fourth-order valence-electron chi connectivity index (χ4n) is 2.22. The first-order valence-corrected chi connectivity index (χ1v) is 7.21. The number of nitrogens with zero attached hydrogens (tertiary/aromatic N) is 2. The second kappa shape index (κ2) is 5.13. The van der Waals surface area contributed by atoms with Crippen LogP contribution in [0.4, 0.5) is 5.69 Å². The van der Waals surface area contributed by atoms with Crippen molar-refractivity contribution in [3.63, 3.8) is 0 Å². The minimum atomic E-state index is 0.755. The summed E-state index contributed by atoms with van der Waals surface area (Å²) in [6.45, 7) is 4.09. The highest BCUT2D eigenvalue weighted by molar-refractivity contribution is 7.99. The molecule has 2 N–H and O–H groups in total. The molecule has 0 bridgehead atoms. The molecule has 20 heavy (non-hydrogen) atoms. The first-order valence-electron chi connectivity index (χ1n) is 6.40. The third kappa shape index (κ3) is 2.47. The summed E-state index contributed by atoms with van der Waals surface area (Å²) in [6, 6.07) is 12.0. The Hall–Kier alpha value is -2.07. The zero-order valence-corrected chi connectivity index (χ0v) is 12.2. The summed E-state index contributed by atoms with van der Waals surface area (Å²) in [7, 11) is 0. The summed E-state index contributed by atoms with van der Waals surface area (Å²) < 4.78 is 0. The Kier molecular flexibility index (Phi) is 3.32. The molecule has 2 heterocycles. The van der Waals surface area contributed by atoms with E-state index >= 15 is 0 Å². The van der Waals surface area contributed by atoms with Crippen molar-refractivity contribution in [2.24, 2.45) is 0 Å². The maximum Gasteiger partial charge on any atom is 0.101 e. The van der Waals surface area contributed by atoms with Gasteiger partial charge in [-0.15, -0.1) is 0 Å². The average molecular weight is 281 g/mol. The molecule has 0 fully saturated rings. The van der Waals surface area contributed by atoms with Gasteiger partial charge in [0.2, 0.25) is 0 Å². The predicted octanol–water partition coefficient (Wildman–Crippen LogP) is 3.98. The second-order valence-corrected chi connectivity index (χ2v) is 5.84. The highest BCUT2D eigenvalue weighted by atomic mass is 32.2. The monoisotopic (exact) mass is 281 g/mol. The Bertz CT molecular complexity index is 764. The van der Waals surface area contributed by atoms with Gasteiger partial charge in [0.15, 0.2) is 0 Å². The quantitative estimate of drug-likeness (QED) is 0.722. The van der Waals surface area contributed by atoms with Crippen molar-refractivity contribution < 1.29 is 0 Å². The van der Waals surface area contributed by atoms with Gasteiger partial charge >= 0.3 is 0 Å². The molecule has 3 nitrogen and oxygen atoms in total. The largest absolute Gasteiger partial charge is 0.398 e. The maximum atomic E-state index is 6.00. The number of rotatable bonds is 2. The number of aromatic nitrogens is 2. The van der Waals surface area contributed by atoms with Crippen LogP contribution in [0.1, 0.15) is 11.3 Å². The van der Waals surface area contributed by atoms with Gasteiger partial charge in [0.25, 0.3) is 0 Å². The first-order chi connectivity index (χ1) is 9.63. The van der Waals surface area contributed by atoms with Crippen LogP contribution in [0, 0.1) is 13.8 Å². The molecule has 4 heteroatoms. The van der Waals surface area contributed by atoms with E-state index in [-0.39, 0.29) is 0 Å². The molecular weight excluding hydrogens is 266 g/mol. The molecule has 0 atom stereocenters. The van der Waals surface area contributed by atoms with Crippen molar-refractivity contribution in [2.75, 3.05) is 5.73 Å². The third-order valence-electron chi connectivity index (χ3n) is 3.06. The number of anilines is 1. The van der Waals surface area contributed by atoms with Crippen LogP contribution in [0.2, 0.25) is 0 Å². The van der Waals surface area contributed by atoms with Crippen LogP contribution in [0.15, 0.2) is 52.5 Å². The summed E-state index contributed by atoms with van der Waals surface area (Å²) in [4.78, 5) is 10.1. The normalized spacial score (nSPS) is 10.9. The number of aryl methyl sites for hydroxylation is 2. The van der Waals surface area contributed by atoms with Crippen LogP contribution in [0.25, 0.3) is 10.9 Å². The maximum absolute atomic E-state index is 6.00. The minimum absolute atomic E-state index is 0.755. The van der Waals surface area contributed by atoms with E-state index in [4.69, 9.17) is 5.73 Å². The van der Waals surface area contributed by atoms with Gasteiger partial charge in [0.05, 0.1) is 5.52 Å². The van der Waals surface area contributed by atoms with Crippen molar-refractivity contribution in [1.82, 2.24) is 9.97 Å². The van der Waals surface area contributed by atoms with Crippen LogP contribution in [-0.4, -0.2) is 9.97 Å². The molecule has 0 saturated carbocycles. The number of nitrogen functional groups attached to an aromatic ring is 1. The van der Waals surface area contributed by atoms with E-state index < -0.39 is 0 Å². The van der Waals surface area contributed by atoms with Crippen LogP contribution < -0.4 is 5.73 Å². The van der Waals surface area contributed by atoms with E-state index in [1.165, 1.54) is 5.56 Å². The second-order valence-electron chi connectivity index (χ2n) is 4.78. The lowest BCUT2D eigenvalue weighted by atomic mass is 10.2. The molecule has 1 aromatic carbocycles. The Balaban J connectivity index is 2.09. The summed E-state index contributed by atoms with van der Waals surface area (Å²) in [5.41, 5.74) is 9.93. The van der Waals surface area contributed by atoms with E-state index in [1.807, 2.05) is 31.2 Å².